The van der Waals surface area contributed by atoms with Gasteiger partial charge in [-0.25, -0.2) is 9.37 Å². The number of amides is 2. The van der Waals surface area contributed by atoms with E-state index in [9.17, 15) is 9.59 Å². The Morgan fingerprint density at radius 3 is 2.22 bits per heavy atom. The Labute approximate surface area is 306 Å². The average Bonchev–Trinajstić information content (AvgIpc) is 3.74. The van der Waals surface area contributed by atoms with Crippen LogP contribution < -0.4 is 25.4 Å². The number of methoxy groups -OCH3 is 2. The number of halogens is 3. The molecule has 7 rings (SSSR count). The Bertz CT molecular complexity index is 1970. The Kier molecular flexibility index (Phi) is 10.5. The van der Waals surface area contributed by atoms with Crippen LogP contribution in [0.1, 0.15) is 42.4 Å². The van der Waals surface area contributed by atoms with Crippen molar-refractivity contribution >= 4 is 35.0 Å². The van der Waals surface area contributed by atoms with Gasteiger partial charge in [-0.05, 0) is 42.5 Å². The van der Waals surface area contributed by atoms with Gasteiger partial charge in [-0.1, -0.05) is 65.7 Å². The van der Waals surface area contributed by atoms with Crippen molar-refractivity contribution in [2.24, 2.45) is 0 Å². The summed E-state index contributed by atoms with van der Waals surface area (Å²) in [5.74, 6) is 0.716. The van der Waals surface area contributed by atoms with Gasteiger partial charge in [0.25, 0.3) is 0 Å². The first-order valence-electron chi connectivity index (χ1n) is 17.3. The summed E-state index contributed by atoms with van der Waals surface area (Å²) < 4.78 is 27.2. The topological polar surface area (TPSA) is 105 Å². The van der Waals surface area contributed by atoms with E-state index in [0.29, 0.717) is 58.2 Å². The zero-order valence-corrected chi connectivity index (χ0v) is 30.1. The monoisotopic (exact) mass is 731 g/mol. The van der Waals surface area contributed by atoms with Crippen LogP contribution in [0.3, 0.4) is 0 Å². The maximum atomic E-state index is 15.7. The first-order valence-corrected chi connectivity index (χ1v) is 18.0. The predicted octanol–water partition coefficient (Wildman–Crippen LogP) is 6.55. The van der Waals surface area contributed by atoms with Crippen molar-refractivity contribution in [2.75, 3.05) is 33.9 Å². The summed E-state index contributed by atoms with van der Waals surface area (Å²) >= 11 is 14.2. The van der Waals surface area contributed by atoms with E-state index in [1.54, 1.807) is 13.2 Å². The molecule has 266 valence electrons. The van der Waals surface area contributed by atoms with E-state index in [2.05, 4.69) is 31.9 Å². The van der Waals surface area contributed by atoms with Gasteiger partial charge in [0.15, 0.2) is 0 Å². The Morgan fingerprint density at radius 2 is 1.55 bits per heavy atom. The molecule has 2 atom stereocenters. The zero-order valence-electron chi connectivity index (χ0n) is 28.6. The van der Waals surface area contributed by atoms with E-state index in [4.69, 9.17) is 32.7 Å². The van der Waals surface area contributed by atoms with Gasteiger partial charge in [0.05, 0.1) is 24.3 Å². The van der Waals surface area contributed by atoms with Gasteiger partial charge in [-0.15, -0.1) is 0 Å². The Balaban J connectivity index is 1.15. The summed E-state index contributed by atoms with van der Waals surface area (Å²) in [5.41, 5.74) is 6.50. The van der Waals surface area contributed by atoms with Gasteiger partial charge in [-0.3, -0.25) is 14.5 Å². The van der Waals surface area contributed by atoms with E-state index in [1.165, 1.54) is 18.7 Å². The number of hydrogen-bond acceptors (Lipinski definition) is 7. The molecule has 3 N–H and O–H groups in total. The minimum atomic E-state index is -0.534. The minimum absolute atomic E-state index is 0.0449. The highest BCUT2D eigenvalue weighted by Crippen LogP contribution is 2.44. The number of rotatable bonds is 11. The lowest BCUT2D eigenvalue weighted by atomic mass is 9.91. The molecule has 0 bridgehead atoms. The number of carbonyl (C=O) groups is 2. The summed E-state index contributed by atoms with van der Waals surface area (Å²) in [7, 11) is 3.18. The molecule has 12 heteroatoms. The summed E-state index contributed by atoms with van der Waals surface area (Å²) in [6.07, 6.45) is 3.59. The quantitative estimate of drug-likeness (QED) is 0.161. The molecule has 3 aliphatic heterocycles. The van der Waals surface area contributed by atoms with Crippen LogP contribution in [0, 0.1) is 5.82 Å². The van der Waals surface area contributed by atoms with E-state index < -0.39 is 5.82 Å². The van der Waals surface area contributed by atoms with Crippen molar-refractivity contribution < 1.29 is 23.5 Å². The molecule has 0 aliphatic carbocycles. The van der Waals surface area contributed by atoms with Crippen molar-refractivity contribution in [3.63, 3.8) is 0 Å². The molecule has 0 unspecified atom stereocenters. The summed E-state index contributed by atoms with van der Waals surface area (Å²) in [5, 5.41) is 10.1. The van der Waals surface area contributed by atoms with Gasteiger partial charge in [-0.2, -0.15) is 0 Å². The molecule has 4 heterocycles. The number of nitrogens with one attached hydrogen (secondary N) is 3. The number of benzene rings is 3. The number of nitrogens with zero attached hydrogens (tertiary/aromatic N) is 2. The Morgan fingerprint density at radius 1 is 0.882 bits per heavy atom. The van der Waals surface area contributed by atoms with E-state index in [-0.39, 0.29) is 35.5 Å². The van der Waals surface area contributed by atoms with Crippen molar-refractivity contribution in [3.8, 4) is 45.1 Å². The van der Waals surface area contributed by atoms with Crippen LogP contribution in [0.15, 0.2) is 54.6 Å². The molecule has 3 aromatic carbocycles. The zero-order chi connectivity index (χ0) is 35.6. The van der Waals surface area contributed by atoms with E-state index in [0.717, 1.165) is 61.3 Å². The van der Waals surface area contributed by atoms with Gasteiger partial charge >= 0.3 is 0 Å². The summed E-state index contributed by atoms with van der Waals surface area (Å²) in [6.45, 7) is 3.33. The normalized spacial score (nSPS) is 18.8. The van der Waals surface area contributed by atoms with Crippen LogP contribution in [0.2, 0.25) is 10.0 Å². The highest BCUT2D eigenvalue weighted by atomic mass is 35.5. The van der Waals surface area contributed by atoms with Crippen LogP contribution in [-0.4, -0.2) is 67.6 Å². The average molecular weight is 733 g/mol. The molecule has 51 heavy (non-hydrogen) atoms. The fraction of sp³-hybridized carbons (Fsp3) is 0.359. The fourth-order valence-electron chi connectivity index (χ4n) is 7.41. The first kappa shape index (κ1) is 35.2. The van der Waals surface area contributed by atoms with Crippen molar-refractivity contribution in [2.45, 2.75) is 57.3 Å². The number of aromatic nitrogens is 1. The predicted molar refractivity (Wildman–Crippen MR) is 197 cm³/mol. The van der Waals surface area contributed by atoms with Crippen molar-refractivity contribution in [3.05, 3.63) is 87.2 Å². The van der Waals surface area contributed by atoms with E-state index in [1.807, 2.05) is 36.4 Å². The smallest absolute Gasteiger partial charge is 0.220 e. The molecule has 2 saturated heterocycles. The van der Waals surface area contributed by atoms with Crippen LogP contribution in [0.5, 0.6) is 11.6 Å². The standard InChI is InChI=1S/C39H40Cl2FN5O4/c1-50-33-17-23(15-22-13-14-47(21-31(22)33)20-26-10-12-35(49)45-26)27-5-3-6-28(36(27)40)29-7-4-8-30(37(29)41)38-32(42)16-24(39(46-38)51-2)18-43-19-25-9-11-34(48)44-25/h3-8,15-17,25-26,43H,9-14,18-21H2,1-2H3,(H,44,48)(H,45,49)/t25-,26-/m0/s1. The molecular formula is C39H40Cl2FN5O4. The van der Waals surface area contributed by atoms with Crippen molar-refractivity contribution in [1.29, 1.82) is 0 Å². The number of carbonyl (C=O) groups excluding carboxylic acids is 2. The molecule has 1 aromatic heterocycles. The molecule has 9 nitrogen and oxygen atoms in total. The third kappa shape index (κ3) is 7.42. The lowest BCUT2D eigenvalue weighted by Gasteiger charge is -2.32. The molecule has 0 saturated carbocycles. The first-order chi connectivity index (χ1) is 24.7. The second-order valence-corrected chi connectivity index (χ2v) is 14.1. The lowest BCUT2D eigenvalue weighted by molar-refractivity contribution is -0.120. The van der Waals surface area contributed by atoms with Crippen LogP contribution in [0.25, 0.3) is 33.5 Å². The van der Waals surface area contributed by atoms with E-state index >= 15 is 4.39 Å². The SMILES string of the molecule is COc1cc(-c2cccc(-c3cccc(-c4nc(OC)c(CNC[C@@H]5CCC(=O)N5)cc4F)c3Cl)c2Cl)cc2c1CN(C[C@@H]1CCC(=O)N1)CC2. The largest absolute Gasteiger partial charge is 0.496 e. The number of pyridine rings is 1. The second kappa shape index (κ2) is 15.2. The minimum Gasteiger partial charge on any atom is -0.496 e. The molecule has 2 amide bonds. The van der Waals surface area contributed by atoms with Crippen LogP contribution in [0.4, 0.5) is 4.39 Å². The van der Waals surface area contributed by atoms with Gasteiger partial charge in [0, 0.05) is 91.0 Å². The highest BCUT2D eigenvalue weighted by molar-refractivity contribution is 6.39. The highest BCUT2D eigenvalue weighted by Gasteiger charge is 2.28. The third-order valence-electron chi connectivity index (χ3n) is 10.0. The fourth-order valence-corrected chi connectivity index (χ4v) is 8.06. The third-order valence-corrected chi connectivity index (χ3v) is 10.8. The number of hydrogen-bond donors (Lipinski definition) is 3. The van der Waals surface area contributed by atoms with Gasteiger partial charge in [0.2, 0.25) is 17.7 Å². The molecular weight excluding hydrogens is 692 g/mol. The molecule has 3 aliphatic rings. The maximum Gasteiger partial charge on any atom is 0.220 e. The molecule has 0 spiro atoms. The van der Waals surface area contributed by atoms with Crippen molar-refractivity contribution in [1.82, 2.24) is 25.8 Å². The number of fused-ring (bicyclic) bond motifs is 1. The van der Waals surface area contributed by atoms with Crippen LogP contribution >= 0.6 is 23.2 Å². The van der Waals surface area contributed by atoms with Crippen LogP contribution in [-0.2, 0) is 29.1 Å². The molecule has 0 radical (unpaired) electrons. The number of ether oxygens (including phenoxy) is 2. The Hall–Kier alpha value is -4.22. The summed E-state index contributed by atoms with van der Waals surface area (Å²) in [4.78, 5) is 30.2. The molecule has 2 fully saturated rings. The molecule has 4 aromatic rings. The van der Waals surface area contributed by atoms with Gasteiger partial charge in [0.1, 0.15) is 17.3 Å². The summed E-state index contributed by atoms with van der Waals surface area (Å²) in [6, 6.07) is 17.1. The second-order valence-electron chi connectivity index (χ2n) is 13.4. The van der Waals surface area contributed by atoms with Gasteiger partial charge < -0.3 is 25.4 Å². The maximum absolute atomic E-state index is 15.7. The lowest BCUT2D eigenvalue weighted by Crippen LogP contribution is -2.41.